The zero-order valence-electron chi connectivity index (χ0n) is 28.7. The van der Waals surface area contributed by atoms with Crippen LogP contribution < -0.4 is 17.8 Å². The van der Waals surface area contributed by atoms with Crippen LogP contribution in [0.15, 0.2) is 46.9 Å². The van der Waals surface area contributed by atoms with Crippen LogP contribution in [0.3, 0.4) is 0 Å². The molecule has 0 aliphatic carbocycles. The van der Waals surface area contributed by atoms with Gasteiger partial charge in [0, 0.05) is 54.4 Å². The van der Waals surface area contributed by atoms with Crippen molar-refractivity contribution in [2.24, 2.45) is 0 Å². The second-order valence-electron chi connectivity index (χ2n) is 9.79. The fourth-order valence-electron chi connectivity index (χ4n) is 2.86. The van der Waals surface area contributed by atoms with Crippen LogP contribution in [0.4, 0.5) is 27.2 Å². The van der Waals surface area contributed by atoms with Gasteiger partial charge in [-0.05, 0) is 118 Å². The van der Waals surface area contributed by atoms with Gasteiger partial charge in [0.15, 0.2) is 0 Å². The van der Waals surface area contributed by atoms with E-state index >= 15 is 0 Å². The van der Waals surface area contributed by atoms with Crippen molar-refractivity contribution >= 4 is 80.6 Å². The van der Waals surface area contributed by atoms with E-state index < -0.39 is 42.5 Å². The second kappa shape index (κ2) is 21.3. The minimum absolute atomic E-state index is 0.114. The Kier molecular flexibility index (Phi) is 20.3. The Balaban J connectivity index is 0.000000811. The van der Waals surface area contributed by atoms with E-state index in [1.54, 1.807) is 0 Å². The molecule has 0 atom stereocenters. The summed E-state index contributed by atoms with van der Waals surface area (Å²) in [5.41, 5.74) is 0. The zero-order chi connectivity index (χ0) is 40.0. The first-order valence-electron chi connectivity index (χ1n) is 14.5. The summed E-state index contributed by atoms with van der Waals surface area (Å²) < 4.78 is 114. The highest BCUT2D eigenvalue weighted by molar-refractivity contribution is 9.12. The molecule has 0 unspecified atom stereocenters. The van der Waals surface area contributed by atoms with Crippen LogP contribution >= 0.6 is 47.8 Å². The molecule has 0 heterocycles. The highest BCUT2D eigenvalue weighted by Gasteiger charge is 2.52. The van der Waals surface area contributed by atoms with Gasteiger partial charge in [-0.15, -0.1) is 0 Å². The number of halogens is 7. The zero-order valence-corrected chi connectivity index (χ0v) is 35.1. The summed E-state index contributed by atoms with van der Waals surface area (Å²) in [6.45, 7) is 9.59. The van der Waals surface area contributed by atoms with Crippen LogP contribution in [-0.2, 0) is 20.6 Å². The minimum atomic E-state index is -4.17. The molecule has 0 radical (unpaired) electrons. The Labute approximate surface area is 320 Å². The summed E-state index contributed by atoms with van der Waals surface area (Å²) in [4.78, 5) is 18.3. The molecule has 2 aromatic rings. The van der Waals surface area contributed by atoms with Crippen molar-refractivity contribution in [3.63, 3.8) is 0 Å². The summed E-state index contributed by atoms with van der Waals surface area (Å²) in [5, 5.41) is 0. The first-order chi connectivity index (χ1) is 23.3. The van der Waals surface area contributed by atoms with Crippen LogP contribution in [-0.4, -0.2) is 111 Å². The lowest BCUT2D eigenvalue weighted by atomic mass is 10.3. The number of alkyl halides is 6. The molecule has 0 fully saturated rings. The summed E-state index contributed by atoms with van der Waals surface area (Å²) in [7, 11) is -2.15. The van der Waals surface area contributed by atoms with Gasteiger partial charge in [0.2, 0.25) is 0 Å². The molecule has 0 saturated heterocycles. The Morgan fingerprint density at radius 2 is 0.961 bits per heavy atom. The van der Waals surface area contributed by atoms with Crippen LogP contribution in [0.1, 0.15) is 27.7 Å². The lowest BCUT2D eigenvalue weighted by Gasteiger charge is -2.18. The molecule has 2 amide bonds. The Morgan fingerprint density at radius 3 is 1.29 bits per heavy atom. The summed E-state index contributed by atoms with van der Waals surface area (Å²) in [6, 6.07) is 10.1. The number of amides is 2. The van der Waals surface area contributed by atoms with E-state index in [0.717, 1.165) is 8.61 Å². The molecule has 0 saturated carbocycles. The maximum absolute atomic E-state index is 11.9. The van der Waals surface area contributed by atoms with Gasteiger partial charge < -0.3 is 27.6 Å². The summed E-state index contributed by atoms with van der Waals surface area (Å²) >= 11 is 6.17. The maximum atomic E-state index is 11.9. The van der Waals surface area contributed by atoms with Gasteiger partial charge in [0.25, 0.3) is 0 Å². The Morgan fingerprint density at radius 1 is 0.627 bits per heavy atom. The normalized spacial score (nSPS) is 11.8. The molecule has 0 aliphatic rings. The predicted molar refractivity (Wildman–Crippen MR) is 193 cm³/mol. The second-order valence-corrected chi connectivity index (χ2v) is 16.1. The van der Waals surface area contributed by atoms with Crippen molar-refractivity contribution in [3.05, 3.63) is 46.9 Å². The van der Waals surface area contributed by atoms with Gasteiger partial charge in [-0.25, -0.2) is 9.59 Å². The van der Waals surface area contributed by atoms with E-state index in [1.165, 1.54) is 112 Å². The van der Waals surface area contributed by atoms with Gasteiger partial charge in [0.05, 0.1) is 4.47 Å². The highest BCUT2D eigenvalue weighted by Crippen LogP contribution is 2.43. The van der Waals surface area contributed by atoms with Gasteiger partial charge >= 0.3 is 42.5 Å². The fraction of sp³-hybridized carbons (Fsp3) is 0.500. The number of nitrogens with zero attached hydrogens (tertiary/aromatic N) is 4. The molecular formula is C28H39Br3F4N4O10S2. The van der Waals surface area contributed by atoms with Crippen molar-refractivity contribution in [3.8, 4) is 23.0 Å². The van der Waals surface area contributed by atoms with Crippen molar-refractivity contribution in [1.82, 2.24) is 18.4 Å². The van der Waals surface area contributed by atoms with Gasteiger partial charge in [-0.2, -0.15) is 43.0 Å². The van der Waals surface area contributed by atoms with E-state index in [1.807, 2.05) is 27.7 Å². The fourth-order valence-corrected chi connectivity index (χ4v) is 4.30. The van der Waals surface area contributed by atoms with Crippen molar-refractivity contribution in [2.75, 3.05) is 54.4 Å². The van der Waals surface area contributed by atoms with Crippen LogP contribution in [0.5, 0.6) is 23.0 Å². The number of carbonyl (C=O) groups is 2. The van der Waals surface area contributed by atoms with E-state index in [9.17, 15) is 44.0 Å². The Hall–Kier alpha value is -2.44. The van der Waals surface area contributed by atoms with Gasteiger partial charge in [0.1, 0.15) is 23.0 Å². The number of rotatable bonds is 13. The van der Waals surface area contributed by atoms with E-state index in [-0.39, 0.29) is 17.2 Å². The van der Waals surface area contributed by atoms with Crippen molar-refractivity contribution in [1.29, 1.82) is 0 Å². The topological polar surface area (TPSA) is 152 Å². The van der Waals surface area contributed by atoms with Gasteiger partial charge in [-0.1, -0.05) is 0 Å². The first kappa shape index (κ1) is 48.6. The van der Waals surface area contributed by atoms with Gasteiger partial charge in [-0.3, -0.25) is 0 Å². The monoisotopic (exact) mass is 968 g/mol. The molecule has 51 heavy (non-hydrogen) atoms. The molecule has 292 valence electrons. The summed E-state index contributed by atoms with van der Waals surface area (Å²) in [6.07, 6.45) is -0.921. The molecule has 0 aliphatic heterocycles. The van der Waals surface area contributed by atoms with E-state index in [0.29, 0.717) is 36.4 Å². The van der Waals surface area contributed by atoms with Crippen molar-refractivity contribution < 1.29 is 61.8 Å². The third-order valence-corrected chi connectivity index (χ3v) is 10.5. The van der Waals surface area contributed by atoms with E-state index in [4.69, 9.17) is 17.8 Å². The molecule has 14 nitrogen and oxygen atoms in total. The average molecular weight is 971 g/mol. The number of benzene rings is 2. The third-order valence-electron chi connectivity index (χ3n) is 5.79. The average Bonchev–Trinajstić information content (AvgIpc) is 3.00. The SMILES string of the molecule is CCN(CC)C(=O)Oc1ccc(OS(=O)(=O)N(C)C)cc1.CCN(CC)C(=O)Oc1ccc(OS(=O)(=O)N(C)C)cc1Br.FC(F)(Br)C(F)(F)Br. The lowest BCUT2D eigenvalue weighted by molar-refractivity contribution is -0.0724. The van der Waals surface area contributed by atoms with Crippen LogP contribution in [0.2, 0.25) is 0 Å². The standard InChI is InChI=1S/C13H19BrN2O5S.C13H20N2O5S.C2Br2F4/c1-5-16(6-2)13(17)20-12-8-7-10(9-11(12)14)21-22(18,19)15(3)4;1-5-15(6-2)13(16)19-11-7-9-12(10-8-11)20-21(17,18)14(3)4;3-1(5,6)2(4,7)8/h7-9H,5-6H2,1-4H3;7-10H,5-6H2,1-4H3;. The number of hydrogen-bond donors (Lipinski definition) is 0. The van der Waals surface area contributed by atoms with Crippen LogP contribution in [0.25, 0.3) is 0 Å². The number of hydrogen-bond acceptors (Lipinski definition) is 10. The molecule has 0 N–H and O–H groups in total. The predicted octanol–water partition coefficient (Wildman–Crippen LogP) is 7.15. The Bertz CT molecular complexity index is 1610. The maximum Gasteiger partial charge on any atom is 0.415 e. The molecule has 23 heteroatoms. The van der Waals surface area contributed by atoms with E-state index in [2.05, 4.69) is 15.9 Å². The third kappa shape index (κ3) is 17.3. The largest absolute Gasteiger partial charge is 0.415 e. The molecule has 2 rings (SSSR count). The molecule has 0 spiro atoms. The van der Waals surface area contributed by atoms with Crippen molar-refractivity contribution in [2.45, 2.75) is 37.4 Å². The smallest absolute Gasteiger partial charge is 0.410 e. The molecular weight excluding hydrogens is 932 g/mol. The first-order valence-corrected chi connectivity index (χ1v) is 19.6. The highest BCUT2D eigenvalue weighted by atomic mass is 79.9. The molecule has 0 aromatic heterocycles. The molecule has 2 aromatic carbocycles. The number of ether oxygens (including phenoxy) is 2. The van der Waals surface area contributed by atoms with Crippen LogP contribution in [0, 0.1) is 0 Å². The minimum Gasteiger partial charge on any atom is -0.410 e. The summed E-state index contributed by atoms with van der Waals surface area (Å²) in [5.74, 6) is 0.863. The lowest BCUT2D eigenvalue weighted by Crippen LogP contribution is -2.33. The molecule has 0 bridgehead atoms. The number of carbonyl (C=O) groups excluding carboxylic acids is 2. The quantitative estimate of drug-likeness (QED) is 0.150.